The highest BCUT2D eigenvalue weighted by molar-refractivity contribution is 5.80. The Morgan fingerprint density at radius 2 is 2.13 bits per heavy atom. The number of nitrogens with zero attached hydrogens (tertiary/aromatic N) is 1. The van der Waals surface area contributed by atoms with Crippen LogP contribution in [0.2, 0.25) is 0 Å². The van der Waals surface area contributed by atoms with Gasteiger partial charge in [-0.25, -0.2) is 0 Å². The first-order valence-electron chi connectivity index (χ1n) is 8.60. The van der Waals surface area contributed by atoms with Gasteiger partial charge >= 0.3 is 0 Å². The molecule has 2 aliphatic carbocycles. The molecule has 126 valence electrons. The molecule has 3 rings (SSSR count). The first-order chi connectivity index (χ1) is 11.1. The summed E-state index contributed by atoms with van der Waals surface area (Å²) < 4.78 is 5.24. The van der Waals surface area contributed by atoms with Crippen molar-refractivity contribution in [1.29, 1.82) is 0 Å². The largest absolute Gasteiger partial charge is 0.495 e. The van der Waals surface area contributed by atoms with Gasteiger partial charge in [0.15, 0.2) is 0 Å². The number of amides is 1. The van der Waals surface area contributed by atoms with E-state index in [2.05, 4.69) is 10.3 Å². The summed E-state index contributed by atoms with van der Waals surface area (Å²) in [6.45, 7) is 0.362. The van der Waals surface area contributed by atoms with Gasteiger partial charge in [-0.15, -0.1) is 0 Å². The average molecular weight is 318 g/mol. The van der Waals surface area contributed by atoms with Crippen LogP contribution in [0.1, 0.15) is 50.6 Å². The van der Waals surface area contributed by atoms with E-state index in [-0.39, 0.29) is 11.8 Å². The predicted molar refractivity (Wildman–Crippen MR) is 86.9 cm³/mol. The monoisotopic (exact) mass is 318 g/mol. The molecule has 0 bridgehead atoms. The first-order valence-corrected chi connectivity index (χ1v) is 8.60. The molecule has 0 aromatic carbocycles. The van der Waals surface area contributed by atoms with Crippen LogP contribution < -0.4 is 10.1 Å². The van der Waals surface area contributed by atoms with Gasteiger partial charge in [0.2, 0.25) is 5.91 Å². The Bertz CT molecular complexity index is 549. The molecule has 2 saturated carbocycles. The summed E-state index contributed by atoms with van der Waals surface area (Å²) in [4.78, 5) is 16.5. The van der Waals surface area contributed by atoms with Crippen molar-refractivity contribution in [3.8, 4) is 5.75 Å². The number of methoxy groups -OCH3 is 1. The Kier molecular flexibility index (Phi) is 4.85. The van der Waals surface area contributed by atoms with Gasteiger partial charge in [-0.3, -0.25) is 9.78 Å². The van der Waals surface area contributed by atoms with E-state index in [1.54, 1.807) is 19.4 Å². The van der Waals surface area contributed by atoms with Gasteiger partial charge < -0.3 is 15.2 Å². The quantitative estimate of drug-likeness (QED) is 0.874. The van der Waals surface area contributed by atoms with Gasteiger partial charge in [0, 0.05) is 12.1 Å². The number of hydrogen-bond donors (Lipinski definition) is 2. The molecule has 5 heteroatoms. The Balaban J connectivity index is 1.49. The highest BCUT2D eigenvalue weighted by Crippen LogP contribution is 2.48. The second-order valence-corrected chi connectivity index (χ2v) is 6.91. The number of pyridine rings is 1. The van der Waals surface area contributed by atoms with Crippen LogP contribution in [0.5, 0.6) is 5.75 Å². The van der Waals surface area contributed by atoms with E-state index in [0.29, 0.717) is 31.1 Å². The average Bonchev–Trinajstić information content (AvgIpc) is 2.57. The van der Waals surface area contributed by atoms with Crippen LogP contribution in [0.3, 0.4) is 0 Å². The zero-order chi connectivity index (χ0) is 16.3. The lowest BCUT2D eigenvalue weighted by Gasteiger charge is -2.49. The van der Waals surface area contributed by atoms with E-state index in [1.165, 1.54) is 19.3 Å². The molecule has 0 aliphatic heterocycles. The van der Waals surface area contributed by atoms with Crippen LogP contribution in [0.4, 0.5) is 0 Å². The van der Waals surface area contributed by atoms with Gasteiger partial charge in [0.05, 0.1) is 19.3 Å². The Morgan fingerprint density at radius 3 is 2.83 bits per heavy atom. The number of carbonyl (C=O) groups excluding carboxylic acids is 1. The molecule has 2 aliphatic rings. The van der Waals surface area contributed by atoms with Crippen molar-refractivity contribution in [1.82, 2.24) is 10.3 Å². The zero-order valence-electron chi connectivity index (χ0n) is 13.8. The van der Waals surface area contributed by atoms with Crippen molar-refractivity contribution in [3.63, 3.8) is 0 Å². The van der Waals surface area contributed by atoms with E-state index >= 15 is 0 Å². The molecule has 0 atom stereocenters. The van der Waals surface area contributed by atoms with Crippen LogP contribution in [-0.4, -0.2) is 28.7 Å². The third kappa shape index (κ3) is 3.50. The summed E-state index contributed by atoms with van der Waals surface area (Å²) >= 11 is 0. The highest BCUT2D eigenvalue weighted by Gasteiger charge is 2.50. The summed E-state index contributed by atoms with van der Waals surface area (Å²) in [5.41, 5.74) is 0.121. The standard InChI is InChI=1S/C18H26N2O3/c1-23-16-8-5-9-19-15(16)12-20-17(21)13-10-18(22,11-13)14-6-3-2-4-7-14/h5,8-9,13-14,22H,2-4,6-7,10-12H2,1H3,(H,20,21). The summed E-state index contributed by atoms with van der Waals surface area (Å²) in [5, 5.41) is 13.6. The zero-order valence-corrected chi connectivity index (χ0v) is 13.8. The molecule has 2 N–H and O–H groups in total. The second kappa shape index (κ2) is 6.87. The summed E-state index contributed by atoms with van der Waals surface area (Å²) in [7, 11) is 1.60. The number of aliphatic hydroxyl groups is 1. The van der Waals surface area contributed by atoms with Gasteiger partial charge in [0.1, 0.15) is 11.4 Å². The molecule has 23 heavy (non-hydrogen) atoms. The van der Waals surface area contributed by atoms with E-state index in [4.69, 9.17) is 4.74 Å². The summed E-state index contributed by atoms with van der Waals surface area (Å²) in [5.74, 6) is 1.01. The molecule has 1 heterocycles. The number of carbonyl (C=O) groups is 1. The molecule has 0 unspecified atom stereocenters. The van der Waals surface area contributed by atoms with E-state index < -0.39 is 5.60 Å². The van der Waals surface area contributed by atoms with E-state index in [0.717, 1.165) is 18.5 Å². The summed E-state index contributed by atoms with van der Waals surface area (Å²) in [6.07, 6.45) is 8.81. The minimum atomic E-state index is -0.606. The molecule has 0 spiro atoms. The fraction of sp³-hybridized carbons (Fsp3) is 0.667. The number of ether oxygens (including phenoxy) is 1. The fourth-order valence-electron chi connectivity index (χ4n) is 4.01. The molecule has 2 fully saturated rings. The first kappa shape index (κ1) is 16.2. The smallest absolute Gasteiger partial charge is 0.223 e. The van der Waals surface area contributed by atoms with Gasteiger partial charge in [-0.2, -0.15) is 0 Å². The number of hydrogen-bond acceptors (Lipinski definition) is 4. The van der Waals surface area contributed by atoms with Crippen molar-refractivity contribution < 1.29 is 14.6 Å². The van der Waals surface area contributed by atoms with E-state index in [1.807, 2.05) is 6.07 Å². The number of aromatic nitrogens is 1. The Labute approximate surface area is 137 Å². The van der Waals surface area contributed by atoms with Crippen molar-refractivity contribution in [2.24, 2.45) is 11.8 Å². The fourth-order valence-corrected chi connectivity index (χ4v) is 4.01. The van der Waals surface area contributed by atoms with E-state index in [9.17, 15) is 9.90 Å². The maximum atomic E-state index is 12.3. The SMILES string of the molecule is COc1cccnc1CNC(=O)C1CC(O)(C2CCCCC2)C1. The molecule has 1 amide bonds. The maximum Gasteiger partial charge on any atom is 0.223 e. The lowest BCUT2D eigenvalue weighted by atomic mass is 9.61. The maximum absolute atomic E-state index is 12.3. The van der Waals surface area contributed by atoms with Gasteiger partial charge in [0.25, 0.3) is 0 Å². The van der Waals surface area contributed by atoms with Crippen molar-refractivity contribution in [2.75, 3.05) is 7.11 Å². The Morgan fingerprint density at radius 1 is 1.39 bits per heavy atom. The van der Waals surface area contributed by atoms with Gasteiger partial charge in [-0.1, -0.05) is 19.3 Å². The molecule has 1 aromatic heterocycles. The van der Waals surface area contributed by atoms with Crippen molar-refractivity contribution in [3.05, 3.63) is 24.0 Å². The van der Waals surface area contributed by atoms with Crippen molar-refractivity contribution in [2.45, 2.75) is 57.1 Å². The predicted octanol–water partition coefficient (Wildman–Crippen LogP) is 2.43. The number of rotatable bonds is 5. The molecular formula is C18H26N2O3. The molecule has 1 aromatic rings. The Hall–Kier alpha value is -1.62. The summed E-state index contributed by atoms with van der Waals surface area (Å²) in [6, 6.07) is 3.64. The van der Waals surface area contributed by atoms with Crippen molar-refractivity contribution >= 4 is 5.91 Å². The van der Waals surface area contributed by atoms with Crippen LogP contribution >= 0.6 is 0 Å². The molecule has 0 radical (unpaired) electrons. The highest BCUT2D eigenvalue weighted by atomic mass is 16.5. The lowest BCUT2D eigenvalue weighted by molar-refractivity contribution is -0.154. The molecule has 0 saturated heterocycles. The third-order valence-electron chi connectivity index (χ3n) is 5.43. The number of nitrogens with one attached hydrogen (secondary N) is 1. The van der Waals surface area contributed by atoms with Crippen LogP contribution in [-0.2, 0) is 11.3 Å². The van der Waals surface area contributed by atoms with Crippen LogP contribution in [0, 0.1) is 11.8 Å². The molecule has 5 nitrogen and oxygen atoms in total. The second-order valence-electron chi connectivity index (χ2n) is 6.91. The lowest BCUT2D eigenvalue weighted by Crippen LogP contribution is -2.54. The van der Waals surface area contributed by atoms with Crippen LogP contribution in [0.25, 0.3) is 0 Å². The normalized spacial score (nSPS) is 28.0. The molecular weight excluding hydrogens is 292 g/mol. The minimum absolute atomic E-state index is 0.0122. The van der Waals surface area contributed by atoms with Crippen LogP contribution in [0.15, 0.2) is 18.3 Å². The topological polar surface area (TPSA) is 71.5 Å². The minimum Gasteiger partial charge on any atom is -0.495 e. The van der Waals surface area contributed by atoms with Gasteiger partial charge in [-0.05, 0) is 43.7 Å². The third-order valence-corrected chi connectivity index (χ3v) is 5.43.